The van der Waals surface area contributed by atoms with E-state index in [-0.39, 0.29) is 17.6 Å². The molecule has 2 N–H and O–H groups in total. The normalized spacial score (nSPS) is 11.9. The summed E-state index contributed by atoms with van der Waals surface area (Å²) in [6.45, 7) is 4.85. The Hall–Kier alpha value is -2.58. The Morgan fingerprint density at radius 3 is 2.51 bits per heavy atom. The minimum Gasteiger partial charge on any atom is -0.386 e. The van der Waals surface area contributed by atoms with Crippen molar-refractivity contribution in [1.29, 1.82) is 0 Å². The summed E-state index contributed by atoms with van der Waals surface area (Å²) in [5, 5.41) is 14.5. The molecular formula is C27H31ClN2O4S. The zero-order chi connectivity index (χ0) is 25.4. The number of carbonyl (C=O) groups is 1. The van der Waals surface area contributed by atoms with Crippen LogP contribution in [0.4, 0.5) is 0 Å². The molecule has 0 fully saturated rings. The summed E-state index contributed by atoms with van der Waals surface area (Å²) in [7, 11) is 1.83. The van der Waals surface area contributed by atoms with Crippen LogP contribution in [0.25, 0.3) is 0 Å². The number of aliphatic hydroxyl groups excluding tert-OH is 1. The van der Waals surface area contributed by atoms with Gasteiger partial charge in [0.1, 0.15) is 11.7 Å². The van der Waals surface area contributed by atoms with Crippen LogP contribution in [-0.2, 0) is 24.8 Å². The highest BCUT2D eigenvalue weighted by molar-refractivity contribution is 7.99. The smallest absolute Gasteiger partial charge is 0.257 e. The zero-order valence-corrected chi connectivity index (χ0v) is 21.8. The van der Waals surface area contributed by atoms with E-state index < -0.39 is 12.0 Å². The largest absolute Gasteiger partial charge is 0.386 e. The molecule has 1 unspecified atom stereocenters. The Labute approximate surface area is 215 Å². The van der Waals surface area contributed by atoms with Gasteiger partial charge in [0.2, 0.25) is 0 Å². The van der Waals surface area contributed by atoms with Crippen molar-refractivity contribution in [2.45, 2.75) is 37.9 Å². The van der Waals surface area contributed by atoms with Gasteiger partial charge in [-0.3, -0.25) is 9.59 Å². The van der Waals surface area contributed by atoms with Gasteiger partial charge < -0.3 is 19.7 Å². The van der Waals surface area contributed by atoms with Gasteiger partial charge >= 0.3 is 0 Å². The summed E-state index contributed by atoms with van der Waals surface area (Å²) in [5.74, 6) is 0.212. The van der Waals surface area contributed by atoms with Gasteiger partial charge in [-0.1, -0.05) is 60.5 Å². The van der Waals surface area contributed by atoms with Gasteiger partial charge in [-0.05, 0) is 36.6 Å². The number of nitrogens with zero attached hydrogens (tertiary/aromatic N) is 1. The second-order valence-electron chi connectivity index (χ2n) is 8.28. The lowest BCUT2D eigenvalue weighted by molar-refractivity contribution is 0.0432. The third-order valence-electron chi connectivity index (χ3n) is 5.59. The number of aromatic nitrogens is 1. The van der Waals surface area contributed by atoms with Crippen LogP contribution in [-0.4, -0.2) is 34.5 Å². The van der Waals surface area contributed by atoms with E-state index in [0.717, 1.165) is 21.7 Å². The van der Waals surface area contributed by atoms with Gasteiger partial charge in [0.05, 0.1) is 18.2 Å². The third kappa shape index (κ3) is 7.45. The van der Waals surface area contributed by atoms with Crippen LogP contribution in [0.15, 0.2) is 64.5 Å². The van der Waals surface area contributed by atoms with Crippen LogP contribution in [0.2, 0.25) is 5.02 Å². The molecule has 1 atom stereocenters. The Kier molecular flexibility index (Phi) is 9.98. The Balaban J connectivity index is 1.57. The Bertz CT molecular complexity index is 1190. The first-order valence-electron chi connectivity index (χ1n) is 11.5. The standard InChI is InChI=1S/C27H31ClN2O4S/c1-4-22-25(32)23(26(33)29-15-19-7-11-21(28)12-8-19)16-30(3)27(22)35-14-13-34-17-24(31)20-9-5-18(2)6-10-20/h5-12,16,24,31H,4,13-15,17H2,1-3H3,(H,29,33). The minimum atomic E-state index is -0.679. The fourth-order valence-electron chi connectivity index (χ4n) is 3.60. The summed E-state index contributed by atoms with van der Waals surface area (Å²) in [6.07, 6.45) is 1.42. The zero-order valence-electron chi connectivity index (χ0n) is 20.2. The van der Waals surface area contributed by atoms with E-state index >= 15 is 0 Å². The number of carbonyl (C=O) groups excluding carboxylic acids is 1. The summed E-state index contributed by atoms with van der Waals surface area (Å²) in [4.78, 5) is 25.8. The van der Waals surface area contributed by atoms with Crippen LogP contribution in [0.3, 0.4) is 0 Å². The lowest BCUT2D eigenvalue weighted by Crippen LogP contribution is -2.31. The monoisotopic (exact) mass is 514 g/mol. The number of amides is 1. The molecule has 0 aliphatic heterocycles. The summed E-state index contributed by atoms with van der Waals surface area (Å²) < 4.78 is 7.48. The van der Waals surface area contributed by atoms with Crippen molar-refractivity contribution in [3.8, 4) is 0 Å². The van der Waals surface area contributed by atoms with E-state index in [0.29, 0.717) is 35.9 Å². The molecule has 0 spiro atoms. The lowest BCUT2D eigenvalue weighted by atomic mass is 10.1. The first-order valence-corrected chi connectivity index (χ1v) is 12.9. The lowest BCUT2D eigenvalue weighted by Gasteiger charge is -2.16. The second-order valence-corrected chi connectivity index (χ2v) is 9.80. The fourth-order valence-corrected chi connectivity index (χ4v) is 4.79. The number of pyridine rings is 1. The number of rotatable bonds is 11. The van der Waals surface area contributed by atoms with Crippen molar-refractivity contribution in [3.63, 3.8) is 0 Å². The second kappa shape index (κ2) is 12.9. The molecule has 1 amide bonds. The first kappa shape index (κ1) is 27.0. The number of benzene rings is 2. The van der Waals surface area contributed by atoms with E-state index in [2.05, 4.69) is 5.32 Å². The fraction of sp³-hybridized carbons (Fsp3) is 0.333. The predicted octanol–water partition coefficient (Wildman–Crippen LogP) is 4.68. The van der Waals surface area contributed by atoms with Crippen LogP contribution in [0, 0.1) is 6.92 Å². The Morgan fingerprint density at radius 1 is 1.17 bits per heavy atom. The summed E-state index contributed by atoms with van der Waals surface area (Å²) in [6, 6.07) is 14.9. The molecule has 0 aliphatic carbocycles. The van der Waals surface area contributed by atoms with E-state index in [1.54, 1.807) is 18.3 Å². The van der Waals surface area contributed by atoms with Crippen LogP contribution >= 0.6 is 23.4 Å². The van der Waals surface area contributed by atoms with Crippen molar-refractivity contribution in [1.82, 2.24) is 9.88 Å². The molecule has 1 heterocycles. The topological polar surface area (TPSA) is 80.6 Å². The van der Waals surface area contributed by atoms with E-state index in [1.165, 1.54) is 11.8 Å². The van der Waals surface area contributed by atoms with Crippen molar-refractivity contribution < 1.29 is 14.6 Å². The van der Waals surface area contributed by atoms with Crippen LogP contribution in [0.1, 0.15) is 45.6 Å². The van der Waals surface area contributed by atoms with Gasteiger partial charge in [-0.25, -0.2) is 0 Å². The molecule has 35 heavy (non-hydrogen) atoms. The summed E-state index contributed by atoms with van der Waals surface area (Å²) >= 11 is 7.41. The third-order valence-corrected chi connectivity index (χ3v) is 7.02. The number of hydrogen-bond donors (Lipinski definition) is 2. The number of halogens is 1. The van der Waals surface area contributed by atoms with Crippen molar-refractivity contribution in [2.75, 3.05) is 19.0 Å². The molecule has 1 aromatic heterocycles. The number of thioether (sulfide) groups is 1. The molecule has 3 rings (SSSR count). The van der Waals surface area contributed by atoms with E-state index in [4.69, 9.17) is 16.3 Å². The average molecular weight is 515 g/mol. The molecule has 186 valence electrons. The maximum atomic E-state index is 13.1. The van der Waals surface area contributed by atoms with Crippen molar-refractivity contribution >= 4 is 29.3 Å². The van der Waals surface area contributed by atoms with Gasteiger partial charge in [-0.2, -0.15) is 0 Å². The highest BCUT2D eigenvalue weighted by atomic mass is 35.5. The van der Waals surface area contributed by atoms with Crippen molar-refractivity contribution in [2.24, 2.45) is 7.05 Å². The number of hydrogen-bond acceptors (Lipinski definition) is 5. The minimum absolute atomic E-state index is 0.125. The average Bonchev–Trinajstić information content (AvgIpc) is 2.85. The number of nitrogens with one attached hydrogen (secondary N) is 1. The SMILES string of the molecule is CCc1c(SCCOCC(O)c2ccc(C)cc2)n(C)cc(C(=O)NCc2ccc(Cl)cc2)c1=O. The number of aryl methyl sites for hydroxylation is 2. The van der Waals surface area contributed by atoms with Crippen LogP contribution < -0.4 is 10.7 Å². The van der Waals surface area contributed by atoms with Gasteiger partial charge in [0, 0.05) is 36.1 Å². The highest BCUT2D eigenvalue weighted by Gasteiger charge is 2.18. The number of ether oxygens (including phenoxy) is 1. The molecule has 6 nitrogen and oxygen atoms in total. The molecule has 8 heteroatoms. The molecule has 0 saturated carbocycles. The molecule has 2 aromatic carbocycles. The van der Waals surface area contributed by atoms with Gasteiger partial charge in [-0.15, -0.1) is 11.8 Å². The summed E-state index contributed by atoms with van der Waals surface area (Å²) in [5.41, 5.74) is 3.34. The van der Waals surface area contributed by atoms with Gasteiger partial charge in [0.25, 0.3) is 5.91 Å². The molecular weight excluding hydrogens is 484 g/mol. The molecule has 3 aromatic rings. The van der Waals surface area contributed by atoms with E-state index in [9.17, 15) is 14.7 Å². The molecule has 0 radical (unpaired) electrons. The van der Waals surface area contributed by atoms with Crippen molar-refractivity contribution in [3.05, 3.63) is 97.8 Å². The maximum absolute atomic E-state index is 13.1. The maximum Gasteiger partial charge on any atom is 0.257 e. The molecule has 0 aliphatic rings. The van der Waals surface area contributed by atoms with Gasteiger partial charge in [0.15, 0.2) is 5.43 Å². The quantitative estimate of drug-likeness (QED) is 0.287. The Morgan fingerprint density at radius 2 is 1.86 bits per heavy atom. The number of aliphatic hydroxyl groups is 1. The predicted molar refractivity (Wildman–Crippen MR) is 141 cm³/mol. The highest BCUT2D eigenvalue weighted by Crippen LogP contribution is 2.22. The first-order chi connectivity index (χ1) is 16.8. The van der Waals surface area contributed by atoms with Crippen LogP contribution in [0.5, 0.6) is 0 Å². The molecule has 0 bridgehead atoms. The molecule has 0 saturated heterocycles. The van der Waals surface area contributed by atoms with E-state index in [1.807, 2.05) is 61.9 Å².